The largest absolute Gasteiger partial charge is 0.489 e. The van der Waals surface area contributed by atoms with Gasteiger partial charge in [-0.2, -0.15) is 0 Å². The summed E-state index contributed by atoms with van der Waals surface area (Å²) >= 11 is 3.01. The highest BCUT2D eigenvalue weighted by atomic mass is 79.9. The van der Waals surface area contributed by atoms with Gasteiger partial charge in [0.05, 0.1) is 10.0 Å². The molecule has 0 radical (unpaired) electrons. The summed E-state index contributed by atoms with van der Waals surface area (Å²) in [4.78, 5) is 10.8. The van der Waals surface area contributed by atoms with Gasteiger partial charge >= 0.3 is 5.97 Å². The molecule has 3 nitrogen and oxygen atoms in total. The van der Waals surface area contributed by atoms with Crippen molar-refractivity contribution in [2.45, 2.75) is 6.61 Å². The summed E-state index contributed by atoms with van der Waals surface area (Å²) in [5.41, 5.74) is 0.0558. The maximum Gasteiger partial charge on any atom is 0.335 e. The van der Waals surface area contributed by atoms with Crippen LogP contribution in [-0.2, 0) is 6.61 Å². The van der Waals surface area contributed by atoms with E-state index in [1.807, 2.05) is 0 Å². The maximum atomic E-state index is 13.5. The number of carboxylic acids is 1. The van der Waals surface area contributed by atoms with E-state index in [1.54, 1.807) is 0 Å². The van der Waals surface area contributed by atoms with E-state index in [0.717, 1.165) is 12.1 Å². The van der Waals surface area contributed by atoms with Crippen molar-refractivity contribution in [2.24, 2.45) is 0 Å². The number of hydrogen-bond acceptors (Lipinski definition) is 2. The van der Waals surface area contributed by atoms with Gasteiger partial charge in [0.2, 0.25) is 0 Å². The van der Waals surface area contributed by atoms with E-state index in [2.05, 4.69) is 15.9 Å². The molecule has 0 aliphatic carbocycles. The Bertz CT molecular complexity index is 659. The summed E-state index contributed by atoms with van der Waals surface area (Å²) < 4.78 is 32.3. The molecule has 2 rings (SSSR count). The molecule has 104 valence electrons. The zero-order chi connectivity index (χ0) is 14.7. The van der Waals surface area contributed by atoms with Crippen LogP contribution < -0.4 is 4.74 Å². The molecule has 0 amide bonds. The predicted molar refractivity (Wildman–Crippen MR) is 71.8 cm³/mol. The van der Waals surface area contributed by atoms with Gasteiger partial charge in [-0.05, 0) is 46.3 Å². The van der Waals surface area contributed by atoms with Crippen LogP contribution in [-0.4, -0.2) is 11.1 Å². The van der Waals surface area contributed by atoms with E-state index in [4.69, 9.17) is 9.84 Å². The lowest BCUT2D eigenvalue weighted by Gasteiger charge is -2.08. The van der Waals surface area contributed by atoms with Crippen LogP contribution in [0, 0.1) is 11.6 Å². The van der Waals surface area contributed by atoms with Gasteiger partial charge in [-0.3, -0.25) is 0 Å². The van der Waals surface area contributed by atoms with Crippen LogP contribution in [0.15, 0.2) is 40.9 Å². The SMILES string of the molecule is O=C(O)c1ccc(F)c(COc2ccc(Br)c(F)c2)c1. The Labute approximate surface area is 121 Å². The summed E-state index contributed by atoms with van der Waals surface area (Å²) in [7, 11) is 0. The van der Waals surface area contributed by atoms with Crippen LogP contribution >= 0.6 is 15.9 Å². The van der Waals surface area contributed by atoms with Crippen molar-refractivity contribution in [2.75, 3.05) is 0 Å². The number of benzene rings is 2. The molecule has 0 aliphatic rings. The van der Waals surface area contributed by atoms with Crippen LogP contribution in [0.3, 0.4) is 0 Å². The molecule has 0 aromatic heterocycles. The third-order valence-electron chi connectivity index (χ3n) is 2.58. The molecule has 0 unspecified atom stereocenters. The lowest BCUT2D eigenvalue weighted by atomic mass is 10.1. The minimum Gasteiger partial charge on any atom is -0.489 e. The molecular weight excluding hydrogens is 334 g/mol. The Hall–Kier alpha value is -1.95. The van der Waals surface area contributed by atoms with Crippen LogP contribution in [0.4, 0.5) is 8.78 Å². The van der Waals surface area contributed by atoms with E-state index < -0.39 is 17.6 Å². The van der Waals surface area contributed by atoms with Crippen molar-refractivity contribution in [1.29, 1.82) is 0 Å². The molecule has 0 bridgehead atoms. The Morgan fingerprint density at radius 3 is 2.55 bits per heavy atom. The van der Waals surface area contributed by atoms with Gasteiger partial charge in [0.15, 0.2) is 0 Å². The second-order valence-corrected chi connectivity index (χ2v) is 4.83. The first-order valence-electron chi connectivity index (χ1n) is 5.57. The summed E-state index contributed by atoms with van der Waals surface area (Å²) in [6.07, 6.45) is 0. The highest BCUT2D eigenvalue weighted by Crippen LogP contribution is 2.22. The van der Waals surface area contributed by atoms with E-state index in [1.165, 1.54) is 24.3 Å². The lowest BCUT2D eigenvalue weighted by Crippen LogP contribution is -2.03. The molecule has 2 aromatic carbocycles. The van der Waals surface area contributed by atoms with Gasteiger partial charge < -0.3 is 9.84 Å². The highest BCUT2D eigenvalue weighted by molar-refractivity contribution is 9.10. The van der Waals surface area contributed by atoms with Crippen molar-refractivity contribution >= 4 is 21.9 Å². The van der Waals surface area contributed by atoms with E-state index in [0.29, 0.717) is 4.47 Å². The van der Waals surface area contributed by atoms with Gasteiger partial charge in [0.25, 0.3) is 0 Å². The summed E-state index contributed by atoms with van der Waals surface area (Å²) in [5.74, 6) is -2.00. The molecule has 20 heavy (non-hydrogen) atoms. The smallest absolute Gasteiger partial charge is 0.335 e. The van der Waals surface area contributed by atoms with Crippen LogP contribution in [0.1, 0.15) is 15.9 Å². The minimum atomic E-state index is -1.15. The molecule has 6 heteroatoms. The summed E-state index contributed by atoms with van der Waals surface area (Å²) in [6.45, 7) is -0.186. The Morgan fingerprint density at radius 2 is 1.90 bits per heavy atom. The Balaban J connectivity index is 2.15. The molecule has 0 spiro atoms. The molecule has 0 atom stereocenters. The van der Waals surface area contributed by atoms with Crippen LogP contribution in [0.2, 0.25) is 0 Å². The minimum absolute atomic E-state index is 0.0352. The standard InChI is InChI=1S/C14H9BrF2O3/c15-11-3-2-10(6-13(11)17)20-7-9-5-8(14(18)19)1-4-12(9)16/h1-6H,7H2,(H,18,19). The fraction of sp³-hybridized carbons (Fsp3) is 0.0714. The number of carbonyl (C=O) groups is 1. The third-order valence-corrected chi connectivity index (χ3v) is 3.22. The van der Waals surface area contributed by atoms with Gasteiger partial charge in [0.1, 0.15) is 24.0 Å². The van der Waals surface area contributed by atoms with Crippen molar-refractivity contribution in [3.05, 3.63) is 63.6 Å². The molecule has 0 fully saturated rings. The average molecular weight is 343 g/mol. The van der Waals surface area contributed by atoms with E-state index >= 15 is 0 Å². The Morgan fingerprint density at radius 1 is 1.15 bits per heavy atom. The van der Waals surface area contributed by atoms with E-state index in [9.17, 15) is 13.6 Å². The number of carboxylic acid groups (broad SMARTS) is 1. The number of rotatable bonds is 4. The normalized spacial score (nSPS) is 10.3. The molecule has 2 aromatic rings. The molecule has 1 N–H and O–H groups in total. The zero-order valence-corrected chi connectivity index (χ0v) is 11.7. The Kier molecular flexibility index (Phi) is 4.34. The van der Waals surface area contributed by atoms with Crippen LogP contribution in [0.25, 0.3) is 0 Å². The van der Waals surface area contributed by atoms with Crippen molar-refractivity contribution in [3.63, 3.8) is 0 Å². The molecular formula is C14H9BrF2O3. The maximum absolute atomic E-state index is 13.5. The van der Waals surface area contributed by atoms with Crippen molar-refractivity contribution in [1.82, 2.24) is 0 Å². The first-order valence-corrected chi connectivity index (χ1v) is 6.36. The van der Waals surface area contributed by atoms with Gasteiger partial charge in [-0.1, -0.05) is 0 Å². The zero-order valence-electron chi connectivity index (χ0n) is 10.1. The average Bonchev–Trinajstić information content (AvgIpc) is 2.41. The first kappa shape index (κ1) is 14.5. The van der Waals surface area contributed by atoms with Crippen molar-refractivity contribution in [3.8, 4) is 5.75 Å². The second-order valence-electron chi connectivity index (χ2n) is 3.98. The quantitative estimate of drug-likeness (QED) is 0.913. The highest BCUT2D eigenvalue weighted by Gasteiger charge is 2.09. The van der Waals surface area contributed by atoms with Crippen LogP contribution in [0.5, 0.6) is 5.75 Å². The monoisotopic (exact) mass is 342 g/mol. The molecule has 0 aliphatic heterocycles. The predicted octanol–water partition coefficient (Wildman–Crippen LogP) is 4.00. The van der Waals surface area contributed by atoms with Gasteiger partial charge in [-0.25, -0.2) is 13.6 Å². The first-order chi connectivity index (χ1) is 9.47. The molecule has 0 heterocycles. The summed E-state index contributed by atoms with van der Waals surface area (Å²) in [6, 6.07) is 7.56. The number of aromatic carboxylic acids is 1. The second kappa shape index (κ2) is 6.00. The van der Waals surface area contributed by atoms with Crippen molar-refractivity contribution < 1.29 is 23.4 Å². The fourth-order valence-electron chi connectivity index (χ4n) is 1.55. The summed E-state index contributed by atoms with van der Waals surface area (Å²) in [5, 5.41) is 8.83. The lowest BCUT2D eigenvalue weighted by molar-refractivity contribution is 0.0696. The molecule has 0 saturated heterocycles. The third kappa shape index (κ3) is 3.33. The number of halogens is 3. The fourth-order valence-corrected chi connectivity index (χ4v) is 1.79. The topological polar surface area (TPSA) is 46.5 Å². The molecule has 0 saturated carbocycles. The van der Waals surface area contributed by atoms with E-state index in [-0.39, 0.29) is 23.5 Å². The van der Waals surface area contributed by atoms with Gasteiger partial charge in [0, 0.05) is 11.6 Å². The number of hydrogen-bond donors (Lipinski definition) is 1. The van der Waals surface area contributed by atoms with Gasteiger partial charge in [-0.15, -0.1) is 0 Å². The number of ether oxygens (including phenoxy) is 1.